The Morgan fingerprint density at radius 2 is 2.21 bits per heavy atom. The molecule has 5 nitrogen and oxygen atoms in total. The molecule has 0 unspecified atom stereocenters. The van der Waals surface area contributed by atoms with Crippen molar-refractivity contribution in [2.24, 2.45) is 0 Å². The number of aromatic nitrogens is 2. The molecule has 0 atom stereocenters. The van der Waals surface area contributed by atoms with Crippen molar-refractivity contribution in [3.05, 3.63) is 41.2 Å². The SMILES string of the molecule is CCOc1cccc(NC(=O)c2c(C)n[nH]c2C)c1. The fraction of sp³-hybridized carbons (Fsp3) is 0.286. The quantitative estimate of drug-likeness (QED) is 0.887. The molecule has 2 rings (SSSR count). The first-order valence-electron chi connectivity index (χ1n) is 6.17. The largest absolute Gasteiger partial charge is 0.494 e. The molecule has 2 aromatic rings. The number of rotatable bonds is 4. The molecular formula is C14H17N3O2. The minimum absolute atomic E-state index is 0.169. The summed E-state index contributed by atoms with van der Waals surface area (Å²) < 4.78 is 5.40. The van der Waals surface area contributed by atoms with Crippen LogP contribution in [-0.4, -0.2) is 22.7 Å². The van der Waals surface area contributed by atoms with Crippen molar-refractivity contribution in [2.45, 2.75) is 20.8 Å². The third-order valence-electron chi connectivity index (χ3n) is 2.76. The van der Waals surface area contributed by atoms with Gasteiger partial charge in [-0.05, 0) is 32.9 Å². The van der Waals surface area contributed by atoms with Crippen molar-refractivity contribution in [3.63, 3.8) is 0 Å². The van der Waals surface area contributed by atoms with E-state index in [4.69, 9.17) is 4.74 Å². The van der Waals surface area contributed by atoms with Crippen LogP contribution in [0.2, 0.25) is 0 Å². The first-order chi connectivity index (χ1) is 9.11. The van der Waals surface area contributed by atoms with E-state index >= 15 is 0 Å². The van der Waals surface area contributed by atoms with Crippen molar-refractivity contribution < 1.29 is 9.53 Å². The molecule has 1 aromatic carbocycles. The summed E-state index contributed by atoms with van der Waals surface area (Å²) in [6, 6.07) is 7.32. The maximum Gasteiger partial charge on any atom is 0.259 e. The van der Waals surface area contributed by atoms with Crippen LogP contribution in [0.4, 0.5) is 5.69 Å². The van der Waals surface area contributed by atoms with Crippen molar-refractivity contribution in [1.29, 1.82) is 0 Å². The third-order valence-corrected chi connectivity index (χ3v) is 2.76. The summed E-state index contributed by atoms with van der Waals surface area (Å²) in [6.07, 6.45) is 0. The van der Waals surface area contributed by atoms with Gasteiger partial charge in [0.25, 0.3) is 5.91 Å². The van der Waals surface area contributed by atoms with Gasteiger partial charge in [-0.3, -0.25) is 9.89 Å². The summed E-state index contributed by atoms with van der Waals surface area (Å²) in [6.45, 7) is 6.14. The van der Waals surface area contributed by atoms with Crippen LogP contribution < -0.4 is 10.1 Å². The molecule has 0 spiro atoms. The molecule has 5 heteroatoms. The molecule has 0 radical (unpaired) electrons. The van der Waals surface area contributed by atoms with Gasteiger partial charge in [-0.2, -0.15) is 5.10 Å². The maximum atomic E-state index is 12.2. The minimum Gasteiger partial charge on any atom is -0.494 e. The number of hydrogen-bond acceptors (Lipinski definition) is 3. The number of nitrogens with zero attached hydrogens (tertiary/aromatic N) is 1. The summed E-state index contributed by atoms with van der Waals surface area (Å²) in [5.74, 6) is 0.568. The Labute approximate surface area is 112 Å². The Balaban J connectivity index is 2.17. The van der Waals surface area contributed by atoms with Crippen LogP contribution in [0.5, 0.6) is 5.75 Å². The Hall–Kier alpha value is -2.30. The lowest BCUT2D eigenvalue weighted by atomic mass is 10.2. The number of aryl methyl sites for hydroxylation is 2. The highest BCUT2D eigenvalue weighted by Gasteiger charge is 2.15. The first kappa shape index (κ1) is 13.1. The van der Waals surface area contributed by atoms with Gasteiger partial charge in [0.2, 0.25) is 0 Å². The van der Waals surface area contributed by atoms with Gasteiger partial charge in [-0.25, -0.2) is 0 Å². The van der Waals surface area contributed by atoms with E-state index in [1.807, 2.05) is 32.0 Å². The van der Waals surface area contributed by atoms with Crippen LogP contribution in [-0.2, 0) is 0 Å². The molecule has 1 aromatic heterocycles. The minimum atomic E-state index is -0.169. The average Bonchev–Trinajstić information content (AvgIpc) is 2.70. The van der Waals surface area contributed by atoms with E-state index in [1.165, 1.54) is 0 Å². The number of anilines is 1. The molecule has 0 saturated carbocycles. The number of H-pyrrole nitrogens is 1. The highest BCUT2D eigenvalue weighted by Crippen LogP contribution is 2.19. The number of hydrogen-bond donors (Lipinski definition) is 2. The molecule has 1 amide bonds. The van der Waals surface area contributed by atoms with E-state index in [2.05, 4.69) is 15.5 Å². The fourth-order valence-corrected chi connectivity index (χ4v) is 1.91. The summed E-state index contributed by atoms with van der Waals surface area (Å²) in [4.78, 5) is 12.2. The van der Waals surface area contributed by atoms with Crippen LogP contribution in [0.15, 0.2) is 24.3 Å². The Morgan fingerprint density at radius 1 is 1.42 bits per heavy atom. The van der Waals surface area contributed by atoms with Gasteiger partial charge in [0.15, 0.2) is 0 Å². The van der Waals surface area contributed by atoms with Gasteiger partial charge in [0.1, 0.15) is 5.75 Å². The standard InChI is InChI=1S/C14H17N3O2/c1-4-19-12-7-5-6-11(8-12)15-14(18)13-9(2)16-17-10(13)3/h5-8H,4H2,1-3H3,(H,15,18)(H,16,17). The summed E-state index contributed by atoms with van der Waals surface area (Å²) >= 11 is 0. The van der Waals surface area contributed by atoms with Crippen LogP contribution in [0.1, 0.15) is 28.7 Å². The molecule has 19 heavy (non-hydrogen) atoms. The second-order valence-electron chi connectivity index (χ2n) is 4.22. The smallest absolute Gasteiger partial charge is 0.259 e. The normalized spacial score (nSPS) is 10.3. The monoisotopic (exact) mass is 259 g/mol. The molecule has 0 bridgehead atoms. The van der Waals surface area contributed by atoms with Crippen LogP contribution in [0, 0.1) is 13.8 Å². The van der Waals surface area contributed by atoms with Gasteiger partial charge >= 0.3 is 0 Å². The number of carbonyl (C=O) groups excluding carboxylic acids is 1. The van der Waals surface area contributed by atoms with E-state index in [-0.39, 0.29) is 5.91 Å². The lowest BCUT2D eigenvalue weighted by molar-refractivity contribution is 0.102. The van der Waals surface area contributed by atoms with Gasteiger partial charge in [0, 0.05) is 17.4 Å². The molecule has 0 aliphatic heterocycles. The van der Waals surface area contributed by atoms with Gasteiger partial charge < -0.3 is 10.1 Å². The highest BCUT2D eigenvalue weighted by molar-refractivity contribution is 6.05. The summed E-state index contributed by atoms with van der Waals surface area (Å²) in [7, 11) is 0. The second kappa shape index (κ2) is 5.56. The predicted octanol–water partition coefficient (Wildman–Crippen LogP) is 2.68. The Bertz CT molecular complexity index is 571. The average molecular weight is 259 g/mol. The topological polar surface area (TPSA) is 67.0 Å². The van der Waals surface area contributed by atoms with E-state index in [0.717, 1.165) is 11.4 Å². The van der Waals surface area contributed by atoms with E-state index in [1.54, 1.807) is 13.0 Å². The Kier molecular flexibility index (Phi) is 3.85. The molecule has 0 aliphatic rings. The van der Waals surface area contributed by atoms with Crippen molar-refractivity contribution in [2.75, 3.05) is 11.9 Å². The molecular weight excluding hydrogens is 242 g/mol. The number of ether oxygens (including phenoxy) is 1. The van der Waals surface area contributed by atoms with Crippen molar-refractivity contribution in [3.8, 4) is 5.75 Å². The molecule has 2 N–H and O–H groups in total. The molecule has 1 heterocycles. The van der Waals surface area contributed by atoms with E-state index in [0.29, 0.717) is 23.6 Å². The summed E-state index contributed by atoms with van der Waals surface area (Å²) in [5, 5.41) is 9.66. The van der Waals surface area contributed by atoms with Gasteiger partial charge in [-0.1, -0.05) is 6.07 Å². The molecule has 0 saturated heterocycles. The van der Waals surface area contributed by atoms with Gasteiger partial charge in [0.05, 0.1) is 17.9 Å². The number of aromatic amines is 1. The summed E-state index contributed by atoms with van der Waals surface area (Å²) in [5.41, 5.74) is 2.74. The fourth-order valence-electron chi connectivity index (χ4n) is 1.91. The lowest BCUT2D eigenvalue weighted by Gasteiger charge is -2.08. The van der Waals surface area contributed by atoms with Crippen LogP contribution in [0.25, 0.3) is 0 Å². The molecule has 0 fully saturated rings. The zero-order chi connectivity index (χ0) is 13.8. The zero-order valence-corrected chi connectivity index (χ0v) is 11.3. The van der Waals surface area contributed by atoms with Gasteiger partial charge in [-0.15, -0.1) is 0 Å². The van der Waals surface area contributed by atoms with E-state index < -0.39 is 0 Å². The predicted molar refractivity (Wildman–Crippen MR) is 73.6 cm³/mol. The van der Waals surface area contributed by atoms with Crippen LogP contribution in [0.3, 0.4) is 0 Å². The Morgan fingerprint density at radius 3 is 2.84 bits per heavy atom. The zero-order valence-electron chi connectivity index (χ0n) is 11.3. The third kappa shape index (κ3) is 2.93. The molecule has 100 valence electrons. The van der Waals surface area contributed by atoms with Crippen LogP contribution >= 0.6 is 0 Å². The lowest BCUT2D eigenvalue weighted by Crippen LogP contribution is -2.13. The number of benzene rings is 1. The second-order valence-corrected chi connectivity index (χ2v) is 4.22. The highest BCUT2D eigenvalue weighted by atomic mass is 16.5. The number of nitrogens with one attached hydrogen (secondary N) is 2. The van der Waals surface area contributed by atoms with E-state index in [9.17, 15) is 4.79 Å². The van der Waals surface area contributed by atoms with Crippen molar-refractivity contribution >= 4 is 11.6 Å². The van der Waals surface area contributed by atoms with Crippen molar-refractivity contribution in [1.82, 2.24) is 10.2 Å². The first-order valence-corrected chi connectivity index (χ1v) is 6.17. The number of amides is 1. The maximum absolute atomic E-state index is 12.2. The molecule has 0 aliphatic carbocycles. The number of carbonyl (C=O) groups is 1.